The number of ether oxygens (including phenoxy) is 1. The van der Waals surface area contributed by atoms with E-state index in [1.165, 1.54) is 24.9 Å². The van der Waals surface area contributed by atoms with E-state index in [-0.39, 0.29) is 0 Å². The Labute approximate surface area is 123 Å². The number of likely N-dealkylation sites (tertiary alicyclic amines) is 1. The van der Waals surface area contributed by atoms with E-state index >= 15 is 0 Å². The summed E-state index contributed by atoms with van der Waals surface area (Å²) in [6.07, 6.45) is 3.78. The van der Waals surface area contributed by atoms with Gasteiger partial charge < -0.3 is 15.0 Å². The van der Waals surface area contributed by atoms with Crippen molar-refractivity contribution in [2.24, 2.45) is 0 Å². The Morgan fingerprint density at radius 1 is 1.45 bits per heavy atom. The lowest BCUT2D eigenvalue weighted by Crippen LogP contribution is -2.26. The maximum absolute atomic E-state index is 5.93. The van der Waals surface area contributed by atoms with E-state index in [2.05, 4.69) is 55.4 Å². The third kappa shape index (κ3) is 4.22. The second-order valence-electron chi connectivity index (χ2n) is 5.77. The number of hydrogen-bond donors (Lipinski definition) is 1. The molecule has 0 saturated carbocycles. The van der Waals surface area contributed by atoms with Crippen LogP contribution in [0.1, 0.15) is 44.7 Å². The van der Waals surface area contributed by atoms with E-state index in [9.17, 15) is 0 Å². The molecule has 0 spiro atoms. The fourth-order valence-corrected chi connectivity index (χ4v) is 2.95. The largest absolute Gasteiger partial charge is 0.494 e. The van der Waals surface area contributed by atoms with Gasteiger partial charge in [-0.25, -0.2) is 0 Å². The zero-order valence-electron chi connectivity index (χ0n) is 13.1. The lowest BCUT2D eigenvalue weighted by Gasteiger charge is -2.19. The maximum Gasteiger partial charge on any atom is 0.119 e. The molecule has 2 atom stereocenters. The van der Waals surface area contributed by atoms with E-state index in [0.717, 1.165) is 25.3 Å². The van der Waals surface area contributed by atoms with Gasteiger partial charge in [-0.05, 0) is 64.0 Å². The molecule has 1 heterocycles. The van der Waals surface area contributed by atoms with Gasteiger partial charge in [-0.2, -0.15) is 0 Å². The molecule has 3 heteroatoms. The molecule has 3 nitrogen and oxygen atoms in total. The van der Waals surface area contributed by atoms with E-state index in [1.54, 1.807) is 0 Å². The van der Waals surface area contributed by atoms with Gasteiger partial charge in [0.15, 0.2) is 0 Å². The van der Waals surface area contributed by atoms with Crippen molar-refractivity contribution < 1.29 is 4.74 Å². The predicted molar refractivity (Wildman–Crippen MR) is 84.3 cm³/mol. The van der Waals surface area contributed by atoms with Crippen LogP contribution in [0.5, 0.6) is 5.75 Å². The van der Waals surface area contributed by atoms with Crippen LogP contribution in [0, 0.1) is 0 Å². The molecule has 0 radical (unpaired) electrons. The summed E-state index contributed by atoms with van der Waals surface area (Å²) in [5, 5.41) is 3.43. The van der Waals surface area contributed by atoms with Crippen LogP contribution in [0.25, 0.3) is 0 Å². The highest BCUT2D eigenvalue weighted by Crippen LogP contribution is 2.21. The molecular formula is C17H28N2O. The SMILES string of the molecule is CCNC(C)c1cccc(OCCC2CCCN2C)c1. The van der Waals surface area contributed by atoms with Gasteiger partial charge in [0.2, 0.25) is 0 Å². The van der Waals surface area contributed by atoms with Crippen LogP contribution in [-0.2, 0) is 0 Å². The molecule has 2 rings (SSSR count). The van der Waals surface area contributed by atoms with Gasteiger partial charge in [-0.1, -0.05) is 19.1 Å². The summed E-state index contributed by atoms with van der Waals surface area (Å²) in [4.78, 5) is 2.45. The highest BCUT2D eigenvalue weighted by Gasteiger charge is 2.20. The van der Waals surface area contributed by atoms with Crippen LogP contribution in [-0.4, -0.2) is 37.7 Å². The van der Waals surface area contributed by atoms with Crippen LogP contribution in [0.2, 0.25) is 0 Å². The third-order valence-corrected chi connectivity index (χ3v) is 4.26. The smallest absolute Gasteiger partial charge is 0.119 e. The number of nitrogens with one attached hydrogen (secondary N) is 1. The molecule has 0 aromatic heterocycles. The summed E-state index contributed by atoms with van der Waals surface area (Å²) in [6.45, 7) is 7.36. The van der Waals surface area contributed by atoms with Crippen molar-refractivity contribution in [3.05, 3.63) is 29.8 Å². The molecule has 112 valence electrons. The Balaban J connectivity index is 1.82. The molecule has 1 fully saturated rings. The lowest BCUT2D eigenvalue weighted by molar-refractivity contribution is 0.233. The number of rotatable bonds is 7. The van der Waals surface area contributed by atoms with Crippen molar-refractivity contribution in [3.8, 4) is 5.75 Å². The van der Waals surface area contributed by atoms with Gasteiger partial charge in [-0.15, -0.1) is 0 Å². The minimum Gasteiger partial charge on any atom is -0.494 e. The second kappa shape index (κ2) is 7.65. The molecule has 2 unspecified atom stereocenters. The Kier molecular flexibility index (Phi) is 5.86. The topological polar surface area (TPSA) is 24.5 Å². The van der Waals surface area contributed by atoms with Crippen molar-refractivity contribution in [1.82, 2.24) is 10.2 Å². The first-order valence-corrected chi connectivity index (χ1v) is 7.87. The summed E-state index contributed by atoms with van der Waals surface area (Å²) in [5.41, 5.74) is 1.29. The van der Waals surface area contributed by atoms with Crippen molar-refractivity contribution >= 4 is 0 Å². The van der Waals surface area contributed by atoms with Crippen molar-refractivity contribution in [2.75, 3.05) is 26.7 Å². The molecule has 1 aromatic rings. The molecule has 1 aromatic carbocycles. The van der Waals surface area contributed by atoms with Crippen LogP contribution in [0.4, 0.5) is 0 Å². The van der Waals surface area contributed by atoms with E-state index in [1.807, 2.05) is 0 Å². The van der Waals surface area contributed by atoms with Gasteiger partial charge in [0, 0.05) is 12.1 Å². The van der Waals surface area contributed by atoms with Crippen molar-refractivity contribution in [1.29, 1.82) is 0 Å². The molecule has 0 bridgehead atoms. The predicted octanol–water partition coefficient (Wildman–Crippen LogP) is 3.22. The van der Waals surface area contributed by atoms with E-state index in [0.29, 0.717) is 12.1 Å². The summed E-state index contributed by atoms with van der Waals surface area (Å²) in [5.74, 6) is 0.993. The van der Waals surface area contributed by atoms with Crippen molar-refractivity contribution in [2.45, 2.75) is 45.2 Å². The molecule has 0 amide bonds. The van der Waals surface area contributed by atoms with Crippen LogP contribution >= 0.6 is 0 Å². The summed E-state index contributed by atoms with van der Waals surface area (Å²) in [7, 11) is 2.22. The third-order valence-electron chi connectivity index (χ3n) is 4.26. The first kappa shape index (κ1) is 15.3. The summed E-state index contributed by atoms with van der Waals surface area (Å²) >= 11 is 0. The first-order valence-electron chi connectivity index (χ1n) is 7.87. The van der Waals surface area contributed by atoms with Gasteiger partial charge in [0.05, 0.1) is 6.61 Å². The number of hydrogen-bond acceptors (Lipinski definition) is 3. The lowest BCUT2D eigenvalue weighted by atomic mass is 10.1. The Morgan fingerprint density at radius 3 is 3.00 bits per heavy atom. The molecule has 1 aliphatic heterocycles. The Hall–Kier alpha value is -1.06. The number of benzene rings is 1. The monoisotopic (exact) mass is 276 g/mol. The van der Waals surface area contributed by atoms with Crippen LogP contribution in [0.15, 0.2) is 24.3 Å². The fourth-order valence-electron chi connectivity index (χ4n) is 2.95. The summed E-state index contributed by atoms with van der Waals surface area (Å²) in [6, 6.07) is 9.54. The molecule has 20 heavy (non-hydrogen) atoms. The molecular weight excluding hydrogens is 248 g/mol. The summed E-state index contributed by atoms with van der Waals surface area (Å²) < 4.78 is 5.93. The average Bonchev–Trinajstić information content (AvgIpc) is 2.85. The standard InChI is InChI=1S/C17H28N2O/c1-4-18-14(2)15-7-5-9-17(13-15)20-12-10-16-8-6-11-19(16)3/h5,7,9,13-14,16,18H,4,6,8,10-12H2,1-3H3. The van der Waals surface area contributed by atoms with Crippen molar-refractivity contribution in [3.63, 3.8) is 0 Å². The molecule has 1 saturated heterocycles. The number of nitrogens with zero attached hydrogens (tertiary/aromatic N) is 1. The van der Waals surface area contributed by atoms with Gasteiger partial charge >= 0.3 is 0 Å². The van der Waals surface area contributed by atoms with Crippen LogP contribution in [0.3, 0.4) is 0 Å². The molecule has 1 aliphatic rings. The van der Waals surface area contributed by atoms with Gasteiger partial charge in [0.25, 0.3) is 0 Å². The zero-order chi connectivity index (χ0) is 14.4. The second-order valence-corrected chi connectivity index (χ2v) is 5.77. The zero-order valence-corrected chi connectivity index (χ0v) is 13.1. The van der Waals surface area contributed by atoms with E-state index in [4.69, 9.17) is 4.74 Å². The Morgan fingerprint density at radius 2 is 2.30 bits per heavy atom. The minimum atomic E-state index is 0.379. The highest BCUT2D eigenvalue weighted by atomic mass is 16.5. The highest BCUT2D eigenvalue weighted by molar-refractivity contribution is 5.30. The van der Waals surface area contributed by atoms with E-state index < -0.39 is 0 Å². The van der Waals surface area contributed by atoms with Gasteiger partial charge in [-0.3, -0.25) is 0 Å². The molecule has 1 N–H and O–H groups in total. The van der Waals surface area contributed by atoms with Crippen LogP contribution < -0.4 is 10.1 Å². The fraction of sp³-hybridized carbons (Fsp3) is 0.647. The average molecular weight is 276 g/mol. The minimum absolute atomic E-state index is 0.379. The Bertz CT molecular complexity index is 408. The quantitative estimate of drug-likeness (QED) is 0.827. The normalized spacial score (nSPS) is 21.1. The first-order chi connectivity index (χ1) is 9.70. The maximum atomic E-state index is 5.93. The van der Waals surface area contributed by atoms with Gasteiger partial charge in [0.1, 0.15) is 5.75 Å². The molecule has 0 aliphatic carbocycles.